The van der Waals surface area contributed by atoms with E-state index in [1.807, 2.05) is 0 Å². The van der Waals surface area contributed by atoms with Crippen LogP contribution in [-0.2, 0) is 23.9 Å². The van der Waals surface area contributed by atoms with Crippen molar-refractivity contribution in [2.75, 3.05) is 14.2 Å². The van der Waals surface area contributed by atoms with Crippen LogP contribution in [-0.4, -0.2) is 81.6 Å². The number of methoxy groups -OCH3 is 2. The van der Waals surface area contributed by atoms with Crippen molar-refractivity contribution in [3.05, 3.63) is 59.7 Å². The van der Waals surface area contributed by atoms with Gasteiger partial charge in [0, 0.05) is 25.0 Å². The lowest BCUT2D eigenvalue weighted by Gasteiger charge is -2.41. The van der Waals surface area contributed by atoms with Crippen LogP contribution in [0.3, 0.4) is 0 Å². The monoisotopic (exact) mass is 544 g/mol. The zero-order valence-electron chi connectivity index (χ0n) is 21.0. The van der Waals surface area contributed by atoms with Crippen molar-refractivity contribution in [3.8, 4) is 23.0 Å². The molecule has 12 heteroatoms. The molecule has 12 nitrogen and oxygen atoms in total. The number of carbonyl (C=O) groups is 3. The van der Waals surface area contributed by atoms with Crippen LogP contribution < -0.4 is 9.47 Å². The zero-order chi connectivity index (χ0) is 28.7. The van der Waals surface area contributed by atoms with E-state index in [1.165, 1.54) is 62.8 Å². The fraction of sp³-hybridized carbons (Fsp3) is 0.296. The minimum atomic E-state index is -2.30. The van der Waals surface area contributed by atoms with Gasteiger partial charge in [-0.1, -0.05) is 12.1 Å². The molecule has 208 valence electrons. The molecule has 0 aromatic heterocycles. The maximum absolute atomic E-state index is 12.5. The van der Waals surface area contributed by atoms with E-state index >= 15 is 0 Å². The first-order chi connectivity index (χ1) is 18.5. The smallest absolute Gasteiger partial charge is 0.348 e. The van der Waals surface area contributed by atoms with Gasteiger partial charge in [-0.25, -0.2) is 14.4 Å². The molecule has 3 rings (SSSR count). The van der Waals surface area contributed by atoms with Gasteiger partial charge in [0.05, 0.1) is 20.3 Å². The molecule has 1 aliphatic carbocycles. The van der Waals surface area contributed by atoms with Gasteiger partial charge in [-0.15, -0.1) is 0 Å². The van der Waals surface area contributed by atoms with E-state index in [9.17, 15) is 39.9 Å². The van der Waals surface area contributed by atoms with Crippen molar-refractivity contribution in [1.82, 2.24) is 0 Å². The zero-order valence-corrected chi connectivity index (χ0v) is 21.0. The molecule has 5 N–H and O–H groups in total. The van der Waals surface area contributed by atoms with Crippen LogP contribution in [0.5, 0.6) is 23.0 Å². The van der Waals surface area contributed by atoms with Crippen molar-refractivity contribution < 1.29 is 58.9 Å². The summed E-state index contributed by atoms with van der Waals surface area (Å²) in [6.07, 6.45) is -1.52. The lowest BCUT2D eigenvalue weighted by molar-refractivity contribution is -0.207. The van der Waals surface area contributed by atoms with E-state index in [1.54, 1.807) is 0 Å². The molecule has 1 fully saturated rings. The average Bonchev–Trinajstić information content (AvgIpc) is 2.90. The predicted octanol–water partition coefficient (Wildman–Crippen LogP) is 1.64. The van der Waals surface area contributed by atoms with Gasteiger partial charge in [0.2, 0.25) is 5.60 Å². The molecule has 0 amide bonds. The maximum atomic E-state index is 12.5. The van der Waals surface area contributed by atoms with Crippen LogP contribution in [0, 0.1) is 0 Å². The Balaban J connectivity index is 1.73. The second-order valence-electron chi connectivity index (χ2n) is 8.69. The normalized spacial score (nSPS) is 22.9. The highest BCUT2D eigenvalue weighted by Gasteiger charge is 2.54. The summed E-state index contributed by atoms with van der Waals surface area (Å²) in [4.78, 5) is 37.1. The first-order valence-corrected chi connectivity index (χ1v) is 11.6. The number of aliphatic hydroxyl groups is 2. The molecule has 0 heterocycles. The second-order valence-corrected chi connectivity index (χ2v) is 8.69. The second kappa shape index (κ2) is 12.3. The fourth-order valence-electron chi connectivity index (χ4n) is 3.99. The fourth-order valence-corrected chi connectivity index (χ4v) is 3.99. The number of rotatable bonds is 9. The number of hydrogen-bond acceptors (Lipinski definition) is 11. The van der Waals surface area contributed by atoms with Gasteiger partial charge in [0.25, 0.3) is 0 Å². The SMILES string of the molecule is COc1cc(/C=C/C(=O)O[C@@H]2C[C@](OC(=O)/C=C/c3ccc(O)c(OC)c3)(C(=O)O)C[C@@H](O)[C@H]2O)ccc1O. The molecule has 39 heavy (non-hydrogen) atoms. The van der Waals surface area contributed by atoms with Crippen molar-refractivity contribution in [2.24, 2.45) is 0 Å². The molecular weight excluding hydrogens is 516 g/mol. The molecule has 0 aliphatic heterocycles. The number of ether oxygens (including phenoxy) is 4. The van der Waals surface area contributed by atoms with E-state index in [-0.39, 0.29) is 23.0 Å². The number of aliphatic carboxylic acids is 1. The minimum absolute atomic E-state index is 0.103. The van der Waals surface area contributed by atoms with Crippen LogP contribution in [0.4, 0.5) is 0 Å². The summed E-state index contributed by atoms with van der Waals surface area (Å²) >= 11 is 0. The first-order valence-electron chi connectivity index (χ1n) is 11.6. The Morgan fingerprint density at radius 2 is 1.36 bits per heavy atom. The van der Waals surface area contributed by atoms with Gasteiger partial charge in [-0.3, -0.25) is 0 Å². The van der Waals surface area contributed by atoms with E-state index < -0.39 is 54.7 Å². The molecule has 2 aromatic rings. The Morgan fingerprint density at radius 3 is 1.85 bits per heavy atom. The summed E-state index contributed by atoms with van der Waals surface area (Å²) in [7, 11) is 2.70. The number of esters is 2. The number of hydrogen-bond donors (Lipinski definition) is 5. The number of benzene rings is 2. The molecule has 4 atom stereocenters. The topological polar surface area (TPSA) is 189 Å². The molecule has 0 unspecified atom stereocenters. The molecule has 2 aromatic carbocycles. The number of aliphatic hydroxyl groups excluding tert-OH is 2. The van der Waals surface area contributed by atoms with Crippen LogP contribution in [0.25, 0.3) is 12.2 Å². The Labute approximate surface area is 222 Å². The third kappa shape index (κ3) is 7.06. The van der Waals surface area contributed by atoms with Crippen molar-refractivity contribution >= 4 is 30.1 Å². The standard InChI is InChI=1S/C27H28O12/c1-36-20-11-15(3-7-17(20)28)5-9-23(31)38-22-14-27(26(34)35,13-19(30)25(22)33)39-24(32)10-6-16-4-8-18(29)21(12-16)37-2/h3-12,19,22,25,28-30,33H,13-14H2,1-2H3,(H,34,35)/b9-5+,10-6+/t19-,22-,25-,27+/m1/s1. The van der Waals surface area contributed by atoms with Gasteiger partial charge in [0.15, 0.2) is 23.0 Å². The van der Waals surface area contributed by atoms with Crippen molar-refractivity contribution in [3.63, 3.8) is 0 Å². The molecule has 0 spiro atoms. The lowest BCUT2D eigenvalue weighted by Crippen LogP contribution is -2.58. The first kappa shape index (κ1) is 29.0. The quantitative estimate of drug-likeness (QED) is 0.227. The Bertz CT molecular complexity index is 1280. The molecular formula is C27H28O12. The van der Waals surface area contributed by atoms with Gasteiger partial charge in [-0.2, -0.15) is 0 Å². The summed E-state index contributed by atoms with van der Waals surface area (Å²) in [6, 6.07) is 8.56. The van der Waals surface area contributed by atoms with Crippen molar-refractivity contribution in [1.29, 1.82) is 0 Å². The van der Waals surface area contributed by atoms with E-state index in [2.05, 4.69) is 0 Å². The number of carbonyl (C=O) groups excluding carboxylic acids is 2. The van der Waals surface area contributed by atoms with E-state index in [0.717, 1.165) is 12.2 Å². The largest absolute Gasteiger partial charge is 0.504 e. The third-order valence-corrected chi connectivity index (χ3v) is 6.03. The summed E-state index contributed by atoms with van der Waals surface area (Å²) in [5, 5.41) is 49.9. The maximum Gasteiger partial charge on any atom is 0.348 e. The number of phenolic OH excluding ortho intramolecular Hbond substituents is 2. The van der Waals surface area contributed by atoms with Crippen LogP contribution >= 0.6 is 0 Å². The highest BCUT2D eigenvalue weighted by molar-refractivity contribution is 5.91. The number of phenols is 2. The molecule has 0 saturated heterocycles. The van der Waals surface area contributed by atoms with Crippen LogP contribution in [0.2, 0.25) is 0 Å². The number of carboxylic acid groups (broad SMARTS) is 1. The minimum Gasteiger partial charge on any atom is -0.504 e. The van der Waals surface area contributed by atoms with Gasteiger partial charge >= 0.3 is 17.9 Å². The van der Waals surface area contributed by atoms with E-state index in [0.29, 0.717) is 11.1 Å². The van der Waals surface area contributed by atoms with Gasteiger partial charge in [0.1, 0.15) is 12.2 Å². The molecule has 1 aliphatic rings. The lowest BCUT2D eigenvalue weighted by atomic mass is 9.79. The average molecular weight is 545 g/mol. The number of carboxylic acids is 1. The Kier molecular flexibility index (Phi) is 9.17. The summed E-state index contributed by atoms with van der Waals surface area (Å²) in [6.45, 7) is 0. The third-order valence-electron chi connectivity index (χ3n) is 6.03. The Morgan fingerprint density at radius 1 is 0.846 bits per heavy atom. The predicted molar refractivity (Wildman–Crippen MR) is 135 cm³/mol. The highest BCUT2D eigenvalue weighted by Crippen LogP contribution is 2.35. The van der Waals surface area contributed by atoms with Crippen molar-refractivity contribution in [2.45, 2.75) is 36.8 Å². The van der Waals surface area contributed by atoms with Crippen LogP contribution in [0.1, 0.15) is 24.0 Å². The van der Waals surface area contributed by atoms with Gasteiger partial charge in [-0.05, 0) is 47.5 Å². The molecule has 0 bridgehead atoms. The van der Waals surface area contributed by atoms with Gasteiger partial charge < -0.3 is 44.5 Å². The molecule has 1 saturated carbocycles. The summed E-state index contributed by atoms with van der Waals surface area (Å²) < 4.78 is 20.4. The summed E-state index contributed by atoms with van der Waals surface area (Å²) in [5.41, 5.74) is -1.39. The van der Waals surface area contributed by atoms with E-state index in [4.69, 9.17) is 18.9 Å². The number of aromatic hydroxyl groups is 2. The van der Waals surface area contributed by atoms with Crippen LogP contribution in [0.15, 0.2) is 48.6 Å². The Hall–Kier alpha value is -4.55. The summed E-state index contributed by atoms with van der Waals surface area (Å²) in [5.74, 6) is -3.53. The highest BCUT2D eigenvalue weighted by atomic mass is 16.6. The molecule has 0 radical (unpaired) electrons.